The van der Waals surface area contributed by atoms with Crippen LogP contribution in [0, 0.1) is 0 Å². The van der Waals surface area contributed by atoms with Gasteiger partial charge in [0.2, 0.25) is 5.91 Å². The van der Waals surface area contributed by atoms with Crippen molar-refractivity contribution in [2.75, 3.05) is 6.54 Å². The molecule has 0 aliphatic rings. The van der Waals surface area contributed by atoms with Gasteiger partial charge in [0.15, 0.2) is 0 Å². The van der Waals surface area contributed by atoms with Crippen LogP contribution in [0.3, 0.4) is 0 Å². The van der Waals surface area contributed by atoms with Crippen molar-refractivity contribution in [2.24, 2.45) is 5.73 Å². The molecule has 0 unspecified atom stereocenters. The Kier molecular flexibility index (Phi) is 6.00. The summed E-state index contributed by atoms with van der Waals surface area (Å²) in [6.45, 7) is 3.91. The van der Waals surface area contributed by atoms with Gasteiger partial charge in [0.1, 0.15) is 0 Å². The van der Waals surface area contributed by atoms with E-state index in [1.54, 1.807) is 0 Å². The minimum absolute atomic E-state index is 0. The van der Waals surface area contributed by atoms with E-state index in [1.807, 2.05) is 38.1 Å². The van der Waals surface area contributed by atoms with Crippen molar-refractivity contribution in [1.29, 1.82) is 0 Å². The summed E-state index contributed by atoms with van der Waals surface area (Å²) in [6, 6.07) is 7.85. The van der Waals surface area contributed by atoms with Gasteiger partial charge in [-0.05, 0) is 31.5 Å². The summed E-state index contributed by atoms with van der Waals surface area (Å²) in [5, 5.41) is 2.86. The van der Waals surface area contributed by atoms with E-state index in [0.717, 1.165) is 10.0 Å². The SMILES string of the molecule is CC(C)(NC(=O)CN)c1ccc(Br)cc1.Cl. The first-order valence-corrected chi connectivity index (χ1v) is 5.52. The highest BCUT2D eigenvalue weighted by molar-refractivity contribution is 9.10. The molecule has 16 heavy (non-hydrogen) atoms. The van der Waals surface area contributed by atoms with E-state index < -0.39 is 5.54 Å². The van der Waals surface area contributed by atoms with Gasteiger partial charge in [0.05, 0.1) is 12.1 Å². The lowest BCUT2D eigenvalue weighted by Gasteiger charge is -2.26. The number of hydrogen-bond donors (Lipinski definition) is 2. The highest BCUT2D eigenvalue weighted by atomic mass is 79.9. The first kappa shape index (κ1) is 15.4. The molecule has 0 atom stereocenters. The van der Waals surface area contributed by atoms with E-state index in [9.17, 15) is 4.79 Å². The van der Waals surface area contributed by atoms with Gasteiger partial charge in [-0.15, -0.1) is 12.4 Å². The maximum atomic E-state index is 11.2. The maximum Gasteiger partial charge on any atom is 0.234 e. The van der Waals surface area contributed by atoms with Gasteiger partial charge in [-0.2, -0.15) is 0 Å². The molecule has 0 heterocycles. The predicted octanol–water partition coefficient (Wildman–Crippen LogP) is 2.18. The lowest BCUT2D eigenvalue weighted by Crippen LogP contribution is -2.43. The van der Waals surface area contributed by atoms with Crippen molar-refractivity contribution >= 4 is 34.2 Å². The fourth-order valence-electron chi connectivity index (χ4n) is 1.34. The third kappa shape index (κ3) is 4.12. The second-order valence-electron chi connectivity index (χ2n) is 3.88. The van der Waals surface area contributed by atoms with Crippen molar-refractivity contribution in [3.8, 4) is 0 Å². The number of nitrogens with two attached hydrogens (primary N) is 1. The molecule has 0 bridgehead atoms. The highest BCUT2D eigenvalue weighted by Gasteiger charge is 2.21. The topological polar surface area (TPSA) is 55.1 Å². The third-order valence-electron chi connectivity index (χ3n) is 2.20. The molecule has 0 radical (unpaired) electrons. The van der Waals surface area contributed by atoms with E-state index >= 15 is 0 Å². The van der Waals surface area contributed by atoms with Crippen LogP contribution >= 0.6 is 28.3 Å². The quantitative estimate of drug-likeness (QED) is 0.899. The number of hydrogen-bond acceptors (Lipinski definition) is 2. The molecule has 0 fully saturated rings. The highest BCUT2D eigenvalue weighted by Crippen LogP contribution is 2.21. The lowest BCUT2D eigenvalue weighted by atomic mass is 9.94. The van der Waals surface area contributed by atoms with Crippen molar-refractivity contribution in [2.45, 2.75) is 19.4 Å². The van der Waals surface area contributed by atoms with Gasteiger partial charge in [-0.25, -0.2) is 0 Å². The largest absolute Gasteiger partial charge is 0.346 e. The molecule has 1 aromatic rings. The average molecular weight is 308 g/mol. The van der Waals surface area contributed by atoms with E-state index in [1.165, 1.54) is 0 Å². The molecule has 0 aliphatic heterocycles. The van der Waals surface area contributed by atoms with Crippen LogP contribution in [0.1, 0.15) is 19.4 Å². The maximum absolute atomic E-state index is 11.2. The molecule has 1 amide bonds. The Morgan fingerprint density at radius 3 is 2.31 bits per heavy atom. The van der Waals surface area contributed by atoms with Crippen LogP contribution in [-0.2, 0) is 10.3 Å². The van der Waals surface area contributed by atoms with Gasteiger partial charge >= 0.3 is 0 Å². The molecule has 0 spiro atoms. The Bertz CT molecular complexity index is 352. The molecule has 0 aromatic heterocycles. The molecule has 1 rings (SSSR count). The number of carbonyl (C=O) groups is 1. The Labute approximate surface area is 110 Å². The van der Waals surface area contributed by atoms with E-state index in [2.05, 4.69) is 21.2 Å². The van der Waals surface area contributed by atoms with Gasteiger partial charge in [-0.3, -0.25) is 4.79 Å². The molecule has 3 N–H and O–H groups in total. The van der Waals surface area contributed by atoms with Crippen LogP contribution in [0.25, 0.3) is 0 Å². The molecule has 90 valence electrons. The molecule has 1 aromatic carbocycles. The number of halogens is 2. The Morgan fingerprint density at radius 2 is 1.88 bits per heavy atom. The summed E-state index contributed by atoms with van der Waals surface area (Å²) < 4.78 is 1.02. The van der Waals surface area contributed by atoms with Crippen LogP contribution in [-0.4, -0.2) is 12.5 Å². The second kappa shape index (κ2) is 6.23. The smallest absolute Gasteiger partial charge is 0.234 e. The predicted molar refractivity (Wildman–Crippen MR) is 71.6 cm³/mol. The summed E-state index contributed by atoms with van der Waals surface area (Å²) in [5.74, 6) is -0.150. The van der Waals surface area contributed by atoms with Crippen LogP contribution < -0.4 is 11.1 Å². The number of rotatable bonds is 3. The standard InChI is InChI=1S/C11H15BrN2O.ClH/c1-11(2,14-10(15)7-13)8-3-5-9(12)6-4-8;/h3-6H,7,13H2,1-2H3,(H,14,15);1H. The van der Waals surface area contributed by atoms with Gasteiger partial charge in [0, 0.05) is 4.47 Å². The van der Waals surface area contributed by atoms with Crippen molar-refractivity contribution in [1.82, 2.24) is 5.32 Å². The average Bonchev–Trinajstić information content (AvgIpc) is 2.17. The molecular formula is C11H16BrClN2O. The molecular weight excluding hydrogens is 291 g/mol. The number of carbonyl (C=O) groups excluding carboxylic acids is 1. The monoisotopic (exact) mass is 306 g/mol. The van der Waals surface area contributed by atoms with E-state index in [0.29, 0.717) is 0 Å². The second-order valence-corrected chi connectivity index (χ2v) is 4.80. The molecule has 0 aliphatic carbocycles. The minimum atomic E-state index is -0.392. The van der Waals surface area contributed by atoms with Gasteiger partial charge in [-0.1, -0.05) is 28.1 Å². The fourth-order valence-corrected chi connectivity index (χ4v) is 1.60. The molecule has 0 saturated carbocycles. The van der Waals surface area contributed by atoms with Crippen LogP contribution in [0.4, 0.5) is 0 Å². The van der Waals surface area contributed by atoms with Crippen molar-refractivity contribution in [3.05, 3.63) is 34.3 Å². The van der Waals surface area contributed by atoms with Crippen LogP contribution in [0.5, 0.6) is 0 Å². The molecule has 3 nitrogen and oxygen atoms in total. The fraction of sp³-hybridized carbons (Fsp3) is 0.364. The molecule has 5 heteroatoms. The van der Waals surface area contributed by atoms with E-state index in [4.69, 9.17) is 5.73 Å². The Balaban J connectivity index is 0.00000225. The van der Waals surface area contributed by atoms with Crippen molar-refractivity contribution < 1.29 is 4.79 Å². The van der Waals surface area contributed by atoms with Crippen molar-refractivity contribution in [3.63, 3.8) is 0 Å². The van der Waals surface area contributed by atoms with Gasteiger partial charge < -0.3 is 11.1 Å². The zero-order valence-electron chi connectivity index (χ0n) is 9.29. The summed E-state index contributed by atoms with van der Waals surface area (Å²) in [7, 11) is 0. The first-order chi connectivity index (χ1) is 6.95. The minimum Gasteiger partial charge on any atom is -0.346 e. The number of nitrogens with one attached hydrogen (secondary N) is 1. The van der Waals surface area contributed by atoms with Crippen LogP contribution in [0.2, 0.25) is 0 Å². The first-order valence-electron chi connectivity index (χ1n) is 4.73. The summed E-state index contributed by atoms with van der Waals surface area (Å²) in [4.78, 5) is 11.2. The lowest BCUT2D eigenvalue weighted by molar-refractivity contribution is -0.121. The Morgan fingerprint density at radius 1 is 1.38 bits per heavy atom. The zero-order valence-corrected chi connectivity index (χ0v) is 11.7. The van der Waals surface area contributed by atoms with E-state index in [-0.39, 0.29) is 24.9 Å². The number of amides is 1. The summed E-state index contributed by atoms with van der Waals surface area (Å²) in [5.41, 5.74) is 5.92. The normalized spacial score (nSPS) is 10.5. The van der Waals surface area contributed by atoms with Crippen LogP contribution in [0.15, 0.2) is 28.7 Å². The third-order valence-corrected chi connectivity index (χ3v) is 2.73. The zero-order chi connectivity index (χ0) is 11.5. The Hall–Kier alpha value is -0.580. The molecule has 0 saturated heterocycles. The summed E-state index contributed by atoms with van der Waals surface area (Å²) in [6.07, 6.45) is 0. The van der Waals surface area contributed by atoms with Gasteiger partial charge in [0.25, 0.3) is 0 Å². The number of benzene rings is 1. The summed E-state index contributed by atoms with van der Waals surface area (Å²) >= 11 is 3.37.